The fourth-order valence-corrected chi connectivity index (χ4v) is 8.69. The highest BCUT2D eigenvalue weighted by molar-refractivity contribution is 5.90. The molecule has 2 heterocycles. The summed E-state index contributed by atoms with van der Waals surface area (Å²) in [5.74, 6) is 3.57. The van der Waals surface area contributed by atoms with E-state index in [1.165, 1.54) is 22.3 Å². The van der Waals surface area contributed by atoms with Crippen LogP contribution in [0.25, 0.3) is 67.5 Å². The van der Waals surface area contributed by atoms with Gasteiger partial charge in [0, 0.05) is 27.8 Å². The molecule has 1 aromatic heterocycles. The summed E-state index contributed by atoms with van der Waals surface area (Å²) in [5, 5.41) is 0. The predicted molar refractivity (Wildman–Crippen MR) is 224 cm³/mol. The number of para-hydroxylation sites is 2. The van der Waals surface area contributed by atoms with Crippen molar-refractivity contribution in [2.24, 2.45) is 0 Å². The van der Waals surface area contributed by atoms with Crippen LogP contribution in [-0.4, -0.2) is 15.0 Å². The van der Waals surface area contributed by atoms with Gasteiger partial charge in [0.25, 0.3) is 0 Å². The molecule has 0 radical (unpaired) electrons. The van der Waals surface area contributed by atoms with Crippen LogP contribution in [0.4, 0.5) is 0 Å². The second-order valence-corrected chi connectivity index (χ2v) is 14.4. The Kier molecular flexibility index (Phi) is 7.36. The Balaban J connectivity index is 1.14. The highest BCUT2D eigenvalue weighted by atomic mass is 16.5. The van der Waals surface area contributed by atoms with Crippen molar-refractivity contribution in [1.82, 2.24) is 15.0 Å². The van der Waals surface area contributed by atoms with Gasteiger partial charge in [-0.1, -0.05) is 170 Å². The summed E-state index contributed by atoms with van der Waals surface area (Å²) < 4.78 is 6.59. The zero-order valence-corrected chi connectivity index (χ0v) is 30.3. The Bertz CT molecular complexity index is 2810. The topological polar surface area (TPSA) is 47.9 Å². The van der Waals surface area contributed by atoms with Crippen LogP contribution in [0.2, 0.25) is 0 Å². The Hall–Kier alpha value is -7.43. The number of fused-ring (bicyclic) bond motifs is 9. The van der Waals surface area contributed by atoms with Gasteiger partial charge < -0.3 is 4.74 Å². The Morgan fingerprint density at radius 1 is 0.286 bits per heavy atom. The average molecular weight is 716 g/mol. The van der Waals surface area contributed by atoms with Gasteiger partial charge in [-0.2, -0.15) is 0 Å². The van der Waals surface area contributed by atoms with Crippen molar-refractivity contribution in [1.29, 1.82) is 0 Å². The maximum Gasteiger partial charge on any atom is 0.164 e. The quantitative estimate of drug-likeness (QED) is 0.178. The molecule has 0 amide bonds. The lowest BCUT2D eigenvalue weighted by molar-refractivity contribution is 0.436. The third-order valence-electron chi connectivity index (χ3n) is 11.2. The van der Waals surface area contributed by atoms with Gasteiger partial charge in [0.1, 0.15) is 11.5 Å². The molecule has 0 fully saturated rings. The molecule has 0 saturated heterocycles. The molecule has 0 bridgehead atoms. The highest BCUT2D eigenvalue weighted by Gasteiger charge is 2.51. The minimum Gasteiger partial charge on any atom is -0.457 e. The first-order valence-corrected chi connectivity index (χ1v) is 18.9. The SMILES string of the molecule is c1ccc(-c2cccc(-c3nc(-c4cccc(-c5ccccc5)c4)nc(-c4ccc5c(c4)C4(c6ccccc6Oc6ccccc64)c4ccccc4-5)n3)c2)cc1. The zero-order valence-electron chi connectivity index (χ0n) is 30.3. The molecule has 11 rings (SSSR count). The Morgan fingerprint density at radius 3 is 1.25 bits per heavy atom. The number of ether oxygens (including phenoxy) is 1. The third kappa shape index (κ3) is 5.04. The molecule has 4 heteroatoms. The van der Waals surface area contributed by atoms with Crippen LogP contribution in [0.5, 0.6) is 11.5 Å². The van der Waals surface area contributed by atoms with E-state index in [1.807, 2.05) is 24.3 Å². The van der Waals surface area contributed by atoms with Gasteiger partial charge in [0.2, 0.25) is 0 Å². The number of hydrogen-bond donors (Lipinski definition) is 0. The summed E-state index contributed by atoms with van der Waals surface area (Å²) in [6.45, 7) is 0. The van der Waals surface area contributed by atoms with E-state index in [-0.39, 0.29) is 0 Å². The van der Waals surface area contributed by atoms with E-state index in [0.717, 1.165) is 61.6 Å². The summed E-state index contributed by atoms with van der Waals surface area (Å²) in [6, 6.07) is 70.2. The predicted octanol–water partition coefficient (Wildman–Crippen LogP) is 12.7. The molecule has 0 unspecified atom stereocenters. The number of benzene rings is 8. The fourth-order valence-electron chi connectivity index (χ4n) is 8.69. The van der Waals surface area contributed by atoms with Gasteiger partial charge in [0.15, 0.2) is 17.5 Å². The highest BCUT2D eigenvalue weighted by Crippen LogP contribution is 2.62. The molecular weight excluding hydrogens is 683 g/mol. The lowest BCUT2D eigenvalue weighted by Crippen LogP contribution is -2.32. The minimum absolute atomic E-state index is 0.597. The fraction of sp³-hybridized carbons (Fsp3) is 0.0192. The molecule has 9 aromatic rings. The van der Waals surface area contributed by atoms with Crippen molar-refractivity contribution >= 4 is 0 Å². The molecule has 4 nitrogen and oxygen atoms in total. The molecule has 1 aliphatic heterocycles. The van der Waals surface area contributed by atoms with Crippen LogP contribution in [0.15, 0.2) is 200 Å². The largest absolute Gasteiger partial charge is 0.457 e. The lowest BCUT2D eigenvalue weighted by Gasteiger charge is -2.39. The molecule has 262 valence electrons. The normalized spacial score (nSPS) is 12.9. The van der Waals surface area contributed by atoms with Gasteiger partial charge in [-0.05, 0) is 74.8 Å². The molecule has 56 heavy (non-hydrogen) atoms. The summed E-state index contributed by atoms with van der Waals surface area (Å²) >= 11 is 0. The second-order valence-electron chi connectivity index (χ2n) is 14.4. The first-order valence-electron chi connectivity index (χ1n) is 18.9. The van der Waals surface area contributed by atoms with Crippen LogP contribution >= 0.6 is 0 Å². The van der Waals surface area contributed by atoms with Crippen molar-refractivity contribution in [3.8, 4) is 79.0 Å². The van der Waals surface area contributed by atoms with E-state index >= 15 is 0 Å². The third-order valence-corrected chi connectivity index (χ3v) is 11.2. The Morgan fingerprint density at radius 2 is 0.696 bits per heavy atom. The Labute approximate surface area is 325 Å². The summed E-state index contributed by atoms with van der Waals surface area (Å²) in [4.78, 5) is 15.7. The first-order chi connectivity index (χ1) is 27.7. The van der Waals surface area contributed by atoms with E-state index in [0.29, 0.717) is 17.5 Å². The van der Waals surface area contributed by atoms with Crippen LogP contribution in [0, 0.1) is 0 Å². The maximum atomic E-state index is 6.59. The van der Waals surface area contributed by atoms with E-state index in [9.17, 15) is 0 Å². The summed E-state index contributed by atoms with van der Waals surface area (Å²) in [5.41, 5.74) is 13.7. The van der Waals surface area contributed by atoms with Crippen LogP contribution in [0.3, 0.4) is 0 Å². The first kappa shape index (κ1) is 32.0. The van der Waals surface area contributed by atoms with Crippen molar-refractivity contribution in [3.63, 3.8) is 0 Å². The molecule has 0 saturated carbocycles. The van der Waals surface area contributed by atoms with Crippen LogP contribution in [-0.2, 0) is 5.41 Å². The van der Waals surface area contributed by atoms with Gasteiger partial charge in [0.05, 0.1) is 5.41 Å². The molecule has 1 spiro atoms. The van der Waals surface area contributed by atoms with Crippen molar-refractivity contribution in [2.75, 3.05) is 0 Å². The number of aromatic nitrogens is 3. The van der Waals surface area contributed by atoms with E-state index in [1.54, 1.807) is 0 Å². The van der Waals surface area contributed by atoms with Crippen molar-refractivity contribution in [2.45, 2.75) is 5.41 Å². The van der Waals surface area contributed by atoms with E-state index < -0.39 is 5.41 Å². The molecule has 1 aliphatic carbocycles. The summed E-state index contributed by atoms with van der Waals surface area (Å²) in [7, 11) is 0. The minimum atomic E-state index is -0.597. The van der Waals surface area contributed by atoms with E-state index in [4.69, 9.17) is 19.7 Å². The molecule has 8 aromatic carbocycles. The van der Waals surface area contributed by atoms with Crippen LogP contribution in [0.1, 0.15) is 22.3 Å². The molecule has 2 aliphatic rings. The van der Waals surface area contributed by atoms with Gasteiger partial charge in [-0.25, -0.2) is 15.0 Å². The second kappa shape index (κ2) is 12.9. The van der Waals surface area contributed by atoms with Crippen LogP contribution < -0.4 is 4.74 Å². The van der Waals surface area contributed by atoms with Gasteiger partial charge in [-0.3, -0.25) is 0 Å². The van der Waals surface area contributed by atoms with E-state index in [2.05, 4.69) is 176 Å². The summed E-state index contributed by atoms with van der Waals surface area (Å²) in [6.07, 6.45) is 0. The molecular formula is C52H33N3O. The number of rotatable bonds is 5. The average Bonchev–Trinajstić information content (AvgIpc) is 3.57. The molecule has 0 N–H and O–H groups in total. The standard InChI is InChI=1S/C52H33N3O/c1-3-15-34(16-4-1)36-19-13-21-38(31-36)49-53-50(39-22-14-20-37(32-39)35-17-5-2-6-18-35)55-51(54-49)40-29-30-42-41-23-7-8-24-43(41)52(46(42)33-40)44-25-9-11-27-47(44)56-48-28-12-10-26-45(48)52/h1-33H. The number of nitrogens with zero attached hydrogens (tertiary/aromatic N) is 3. The lowest BCUT2D eigenvalue weighted by atomic mass is 9.66. The van der Waals surface area contributed by atoms with Crippen molar-refractivity contribution in [3.05, 3.63) is 222 Å². The van der Waals surface area contributed by atoms with Gasteiger partial charge in [-0.15, -0.1) is 0 Å². The smallest absolute Gasteiger partial charge is 0.164 e. The van der Waals surface area contributed by atoms with Crippen molar-refractivity contribution < 1.29 is 4.74 Å². The number of hydrogen-bond acceptors (Lipinski definition) is 4. The van der Waals surface area contributed by atoms with Gasteiger partial charge >= 0.3 is 0 Å². The monoisotopic (exact) mass is 715 g/mol. The zero-order chi connectivity index (χ0) is 37.1. The maximum absolute atomic E-state index is 6.59. The molecule has 0 atom stereocenters.